The molecule has 0 aliphatic rings. The van der Waals surface area contributed by atoms with Crippen molar-refractivity contribution in [1.82, 2.24) is 4.98 Å². The highest BCUT2D eigenvalue weighted by Crippen LogP contribution is 2.17. The Labute approximate surface area is 82.0 Å². The number of aromatic nitrogens is 1. The van der Waals surface area contributed by atoms with Crippen molar-refractivity contribution in [3.05, 3.63) is 29.0 Å². The largest absolute Gasteiger partial charge is 0.394 e. The molecule has 0 aromatic carbocycles. The number of halogens is 2. The summed E-state index contributed by atoms with van der Waals surface area (Å²) in [7, 11) is 0. The number of pyridine rings is 1. The Kier molecular flexibility index (Phi) is 5.17. The smallest absolute Gasteiger partial charge is 0.133 e. The van der Waals surface area contributed by atoms with E-state index >= 15 is 0 Å². The normalized spacial score (nSPS) is 11.9. The molecule has 1 heterocycles. The molecule has 0 saturated carbocycles. The third-order valence-electron chi connectivity index (χ3n) is 1.38. The Morgan fingerprint density at radius 3 is 2.83 bits per heavy atom. The zero-order valence-corrected chi connectivity index (χ0v) is 7.85. The van der Waals surface area contributed by atoms with Gasteiger partial charge in [-0.25, -0.2) is 4.98 Å². The molecule has 68 valence electrons. The van der Waals surface area contributed by atoms with Gasteiger partial charge in [0.05, 0.1) is 12.6 Å². The lowest BCUT2D eigenvalue weighted by molar-refractivity contribution is 0.268. The van der Waals surface area contributed by atoms with E-state index in [1.54, 1.807) is 18.3 Å². The van der Waals surface area contributed by atoms with E-state index in [1.165, 1.54) is 0 Å². The number of nitrogens with two attached hydrogens (primary N) is 1. The number of aliphatic hydroxyl groups is 1. The fourth-order valence-corrected chi connectivity index (χ4v) is 1.03. The monoisotopic (exact) mass is 208 g/mol. The average molecular weight is 209 g/mol. The molecular weight excluding hydrogens is 199 g/mol. The van der Waals surface area contributed by atoms with Gasteiger partial charge in [-0.2, -0.15) is 0 Å². The van der Waals surface area contributed by atoms with E-state index < -0.39 is 6.04 Å². The molecule has 3 nitrogen and oxygen atoms in total. The third-order valence-corrected chi connectivity index (χ3v) is 1.70. The predicted octanol–water partition coefficient (Wildman–Crippen LogP) is 1.15. The van der Waals surface area contributed by atoms with Gasteiger partial charge in [-0.05, 0) is 6.07 Å². The second-order valence-corrected chi connectivity index (χ2v) is 2.53. The van der Waals surface area contributed by atoms with Crippen LogP contribution >= 0.6 is 24.0 Å². The molecule has 1 aromatic rings. The minimum atomic E-state index is -0.434. The molecule has 0 amide bonds. The molecule has 0 spiro atoms. The molecule has 0 radical (unpaired) electrons. The van der Waals surface area contributed by atoms with Crippen molar-refractivity contribution >= 4 is 24.0 Å². The Morgan fingerprint density at radius 2 is 2.33 bits per heavy atom. The third kappa shape index (κ3) is 2.60. The SMILES string of the molecule is Cl.N[C@@H](CO)c1cccnc1Cl. The van der Waals surface area contributed by atoms with Crippen molar-refractivity contribution in [3.8, 4) is 0 Å². The van der Waals surface area contributed by atoms with Crippen LogP contribution in [-0.4, -0.2) is 16.7 Å². The van der Waals surface area contributed by atoms with Gasteiger partial charge >= 0.3 is 0 Å². The van der Waals surface area contributed by atoms with E-state index in [2.05, 4.69) is 4.98 Å². The average Bonchev–Trinajstić information content (AvgIpc) is 2.04. The lowest BCUT2D eigenvalue weighted by Crippen LogP contribution is -2.15. The van der Waals surface area contributed by atoms with E-state index in [0.29, 0.717) is 10.7 Å². The van der Waals surface area contributed by atoms with Crippen LogP contribution in [0.3, 0.4) is 0 Å². The molecule has 1 rings (SSSR count). The highest BCUT2D eigenvalue weighted by atomic mass is 35.5. The first-order valence-corrected chi connectivity index (χ1v) is 3.60. The van der Waals surface area contributed by atoms with Crippen LogP contribution in [0.2, 0.25) is 5.15 Å². The highest BCUT2D eigenvalue weighted by Gasteiger charge is 2.07. The standard InChI is InChI=1S/C7H9ClN2O.ClH/c8-7-5(6(9)4-11)2-1-3-10-7;/h1-3,6,11H,4,9H2;1H/t6-;/m0./s1. The molecule has 5 heteroatoms. The van der Waals surface area contributed by atoms with Crippen LogP contribution in [0, 0.1) is 0 Å². The van der Waals surface area contributed by atoms with E-state index in [-0.39, 0.29) is 19.0 Å². The maximum absolute atomic E-state index is 8.70. The second kappa shape index (κ2) is 5.32. The molecule has 1 aromatic heterocycles. The number of hydrogen-bond donors (Lipinski definition) is 2. The minimum absolute atomic E-state index is 0. The summed E-state index contributed by atoms with van der Waals surface area (Å²) >= 11 is 5.70. The second-order valence-electron chi connectivity index (χ2n) is 2.17. The Hall–Kier alpha value is -0.350. The number of aliphatic hydroxyl groups excluding tert-OH is 1. The topological polar surface area (TPSA) is 59.1 Å². The lowest BCUT2D eigenvalue weighted by atomic mass is 10.1. The highest BCUT2D eigenvalue weighted by molar-refractivity contribution is 6.30. The van der Waals surface area contributed by atoms with Crippen molar-refractivity contribution in [2.75, 3.05) is 6.61 Å². The molecule has 3 N–H and O–H groups in total. The first-order chi connectivity index (χ1) is 5.25. The molecule has 0 fully saturated rings. The van der Waals surface area contributed by atoms with Gasteiger partial charge < -0.3 is 10.8 Å². The molecule has 0 aliphatic heterocycles. The van der Waals surface area contributed by atoms with Gasteiger partial charge in [0.25, 0.3) is 0 Å². The van der Waals surface area contributed by atoms with Gasteiger partial charge in [-0.1, -0.05) is 17.7 Å². The summed E-state index contributed by atoms with van der Waals surface area (Å²) in [4.78, 5) is 3.82. The van der Waals surface area contributed by atoms with Gasteiger partial charge in [0.15, 0.2) is 0 Å². The van der Waals surface area contributed by atoms with Gasteiger partial charge in [-0.3, -0.25) is 0 Å². The van der Waals surface area contributed by atoms with Crippen molar-refractivity contribution in [3.63, 3.8) is 0 Å². The predicted molar refractivity (Wildman–Crippen MR) is 50.5 cm³/mol. The van der Waals surface area contributed by atoms with Crippen molar-refractivity contribution in [2.45, 2.75) is 6.04 Å². The van der Waals surface area contributed by atoms with E-state index in [4.69, 9.17) is 22.4 Å². The molecule has 0 saturated heterocycles. The zero-order chi connectivity index (χ0) is 8.27. The van der Waals surface area contributed by atoms with Crippen LogP contribution in [-0.2, 0) is 0 Å². The van der Waals surface area contributed by atoms with Crippen LogP contribution < -0.4 is 5.73 Å². The van der Waals surface area contributed by atoms with Crippen LogP contribution in [0.1, 0.15) is 11.6 Å². The molecule has 0 bridgehead atoms. The Balaban J connectivity index is 0.00000121. The van der Waals surface area contributed by atoms with E-state index in [0.717, 1.165) is 0 Å². The zero-order valence-electron chi connectivity index (χ0n) is 6.27. The molecular formula is C7H10Cl2N2O. The Morgan fingerprint density at radius 1 is 1.67 bits per heavy atom. The van der Waals surface area contributed by atoms with Gasteiger partial charge in [-0.15, -0.1) is 12.4 Å². The molecule has 0 unspecified atom stereocenters. The molecule has 1 atom stereocenters. The fraction of sp³-hybridized carbons (Fsp3) is 0.286. The Bertz CT molecular complexity index is 245. The number of hydrogen-bond acceptors (Lipinski definition) is 3. The van der Waals surface area contributed by atoms with E-state index in [9.17, 15) is 0 Å². The van der Waals surface area contributed by atoms with Crippen molar-refractivity contribution in [2.24, 2.45) is 5.73 Å². The van der Waals surface area contributed by atoms with Crippen LogP contribution in [0.15, 0.2) is 18.3 Å². The molecule has 12 heavy (non-hydrogen) atoms. The number of nitrogens with zero attached hydrogens (tertiary/aromatic N) is 1. The summed E-state index contributed by atoms with van der Waals surface area (Å²) in [6.45, 7) is -0.120. The lowest BCUT2D eigenvalue weighted by Gasteiger charge is -2.08. The van der Waals surface area contributed by atoms with Crippen LogP contribution in [0.4, 0.5) is 0 Å². The van der Waals surface area contributed by atoms with Crippen LogP contribution in [0.5, 0.6) is 0 Å². The first kappa shape index (κ1) is 11.6. The van der Waals surface area contributed by atoms with Gasteiger partial charge in [0, 0.05) is 11.8 Å². The summed E-state index contributed by atoms with van der Waals surface area (Å²) in [5.74, 6) is 0. The number of rotatable bonds is 2. The fourth-order valence-electron chi connectivity index (χ4n) is 0.773. The van der Waals surface area contributed by atoms with Gasteiger partial charge in [0.2, 0.25) is 0 Å². The van der Waals surface area contributed by atoms with Crippen LogP contribution in [0.25, 0.3) is 0 Å². The van der Waals surface area contributed by atoms with Crippen molar-refractivity contribution < 1.29 is 5.11 Å². The first-order valence-electron chi connectivity index (χ1n) is 3.22. The maximum atomic E-state index is 8.70. The quantitative estimate of drug-likeness (QED) is 0.718. The minimum Gasteiger partial charge on any atom is -0.394 e. The molecule has 0 aliphatic carbocycles. The summed E-state index contributed by atoms with van der Waals surface area (Å²) in [6, 6.07) is 3.05. The summed E-state index contributed by atoms with van der Waals surface area (Å²) in [5, 5.41) is 9.06. The van der Waals surface area contributed by atoms with E-state index in [1.807, 2.05) is 0 Å². The summed E-state index contributed by atoms with van der Waals surface area (Å²) < 4.78 is 0. The summed E-state index contributed by atoms with van der Waals surface area (Å²) in [6.07, 6.45) is 1.58. The van der Waals surface area contributed by atoms with Crippen molar-refractivity contribution in [1.29, 1.82) is 0 Å². The maximum Gasteiger partial charge on any atom is 0.133 e. The summed E-state index contributed by atoms with van der Waals surface area (Å²) in [5.41, 5.74) is 6.20. The van der Waals surface area contributed by atoms with Gasteiger partial charge in [0.1, 0.15) is 5.15 Å².